The molecule has 1 aromatic heterocycles. The number of carbonyl (C=O) groups is 2. The summed E-state index contributed by atoms with van der Waals surface area (Å²) in [7, 11) is 0. The van der Waals surface area contributed by atoms with E-state index in [0.717, 1.165) is 19.4 Å². The molecule has 1 aliphatic carbocycles. The van der Waals surface area contributed by atoms with Gasteiger partial charge >= 0.3 is 0 Å². The normalized spacial score (nSPS) is 17.8. The van der Waals surface area contributed by atoms with Crippen molar-refractivity contribution in [2.75, 3.05) is 38.0 Å². The van der Waals surface area contributed by atoms with E-state index in [4.69, 9.17) is 0 Å². The van der Waals surface area contributed by atoms with Crippen LogP contribution in [0.2, 0.25) is 0 Å². The molecule has 0 bridgehead atoms. The van der Waals surface area contributed by atoms with Crippen LogP contribution < -0.4 is 5.32 Å². The summed E-state index contributed by atoms with van der Waals surface area (Å²) in [6, 6.07) is 3.51. The number of piperazine rings is 1. The van der Waals surface area contributed by atoms with Gasteiger partial charge in [-0.2, -0.15) is 0 Å². The summed E-state index contributed by atoms with van der Waals surface area (Å²) in [6.45, 7) is 3.04. The van der Waals surface area contributed by atoms with Crippen LogP contribution in [0.4, 0.5) is 5.82 Å². The number of rotatable bonds is 6. The summed E-state index contributed by atoms with van der Waals surface area (Å²) < 4.78 is 0. The zero-order valence-corrected chi connectivity index (χ0v) is 14.5. The first-order chi connectivity index (χ1) is 12.3. The van der Waals surface area contributed by atoms with Crippen LogP contribution in [0.25, 0.3) is 0 Å². The monoisotopic (exact) mass is 343 g/mol. The Labute approximate surface area is 148 Å². The molecule has 0 aromatic carbocycles. The minimum atomic E-state index is -0.128. The Morgan fingerprint density at radius 2 is 2.00 bits per heavy atom. The van der Waals surface area contributed by atoms with Crippen molar-refractivity contribution in [3.8, 4) is 0 Å². The molecule has 3 rings (SSSR count). The Bertz CT molecular complexity index is 621. The first-order valence-electron chi connectivity index (χ1n) is 9.00. The second kappa shape index (κ2) is 8.60. The van der Waals surface area contributed by atoms with Crippen molar-refractivity contribution in [3.63, 3.8) is 0 Å². The van der Waals surface area contributed by atoms with Gasteiger partial charge in [0.15, 0.2) is 5.69 Å². The van der Waals surface area contributed by atoms with Crippen molar-refractivity contribution < 1.29 is 9.59 Å². The minimum Gasteiger partial charge on any atom is -0.368 e. The van der Waals surface area contributed by atoms with E-state index in [1.54, 1.807) is 21.9 Å². The second-order valence-electron chi connectivity index (χ2n) is 6.52. The fourth-order valence-corrected chi connectivity index (χ4v) is 3.22. The standard InChI is InChI=1S/C18H25N5O2/c24-14-22-10-12-23(13-11-22)18(25)16-6-7-17(21-20-16)19-9-8-15-4-2-1-3-5-15/h4,6-7,14H,1-3,5,8-13H2,(H,19,21). The molecule has 0 atom stereocenters. The molecule has 0 radical (unpaired) electrons. The van der Waals surface area contributed by atoms with Gasteiger partial charge in [0.2, 0.25) is 6.41 Å². The smallest absolute Gasteiger partial charge is 0.274 e. The molecule has 1 fully saturated rings. The molecular formula is C18H25N5O2. The van der Waals surface area contributed by atoms with E-state index in [-0.39, 0.29) is 5.91 Å². The van der Waals surface area contributed by atoms with Gasteiger partial charge in [0.05, 0.1) is 0 Å². The molecule has 134 valence electrons. The number of aromatic nitrogens is 2. The third-order valence-electron chi connectivity index (χ3n) is 4.77. The molecule has 2 aliphatic rings. The van der Waals surface area contributed by atoms with Gasteiger partial charge in [-0.05, 0) is 44.2 Å². The molecule has 0 spiro atoms. The number of carbonyl (C=O) groups excluding carboxylic acids is 2. The molecule has 2 amide bonds. The predicted octanol–water partition coefficient (Wildman–Crippen LogP) is 1.69. The Hall–Kier alpha value is -2.44. The number of allylic oxidation sites excluding steroid dienone is 1. The second-order valence-corrected chi connectivity index (χ2v) is 6.52. The lowest BCUT2D eigenvalue weighted by atomic mass is 9.97. The summed E-state index contributed by atoms with van der Waals surface area (Å²) in [4.78, 5) is 26.5. The van der Waals surface area contributed by atoms with Gasteiger partial charge in [0.25, 0.3) is 5.91 Å². The van der Waals surface area contributed by atoms with Gasteiger partial charge in [-0.15, -0.1) is 10.2 Å². The van der Waals surface area contributed by atoms with E-state index >= 15 is 0 Å². The number of anilines is 1. The third-order valence-corrected chi connectivity index (χ3v) is 4.77. The van der Waals surface area contributed by atoms with Crippen molar-refractivity contribution in [1.82, 2.24) is 20.0 Å². The summed E-state index contributed by atoms with van der Waals surface area (Å²) >= 11 is 0. The topological polar surface area (TPSA) is 78.4 Å². The zero-order valence-electron chi connectivity index (χ0n) is 14.5. The average Bonchev–Trinajstić information content (AvgIpc) is 2.69. The van der Waals surface area contributed by atoms with E-state index in [1.165, 1.54) is 31.3 Å². The van der Waals surface area contributed by atoms with Crippen LogP contribution >= 0.6 is 0 Å². The maximum atomic E-state index is 12.4. The summed E-state index contributed by atoms with van der Waals surface area (Å²) in [5.74, 6) is 0.565. The van der Waals surface area contributed by atoms with Gasteiger partial charge in [-0.1, -0.05) is 11.6 Å². The van der Waals surface area contributed by atoms with Crippen LogP contribution in [0.15, 0.2) is 23.8 Å². The molecule has 25 heavy (non-hydrogen) atoms. The fourth-order valence-electron chi connectivity index (χ4n) is 3.22. The van der Waals surface area contributed by atoms with E-state index in [0.29, 0.717) is 37.7 Å². The Morgan fingerprint density at radius 3 is 2.64 bits per heavy atom. The highest BCUT2D eigenvalue weighted by Gasteiger charge is 2.22. The fraction of sp³-hybridized carbons (Fsp3) is 0.556. The summed E-state index contributed by atoms with van der Waals surface area (Å²) in [5.41, 5.74) is 1.87. The van der Waals surface area contributed by atoms with Crippen LogP contribution in [0.1, 0.15) is 42.6 Å². The molecule has 7 nitrogen and oxygen atoms in total. The van der Waals surface area contributed by atoms with Crippen molar-refractivity contribution >= 4 is 18.1 Å². The number of nitrogens with one attached hydrogen (secondary N) is 1. The Balaban J connectivity index is 1.47. The zero-order chi connectivity index (χ0) is 17.5. The third kappa shape index (κ3) is 4.78. The van der Waals surface area contributed by atoms with Crippen LogP contribution in [0.5, 0.6) is 0 Å². The van der Waals surface area contributed by atoms with E-state index in [9.17, 15) is 9.59 Å². The number of hydrogen-bond acceptors (Lipinski definition) is 5. The molecule has 7 heteroatoms. The lowest BCUT2D eigenvalue weighted by Gasteiger charge is -2.32. The molecule has 1 aliphatic heterocycles. The Kier molecular flexibility index (Phi) is 5.98. The first-order valence-corrected chi connectivity index (χ1v) is 9.00. The van der Waals surface area contributed by atoms with Crippen LogP contribution in [0, 0.1) is 0 Å². The van der Waals surface area contributed by atoms with Gasteiger partial charge in [0.1, 0.15) is 5.82 Å². The predicted molar refractivity (Wildman–Crippen MR) is 95.2 cm³/mol. The molecule has 1 aromatic rings. The van der Waals surface area contributed by atoms with Gasteiger partial charge in [0, 0.05) is 32.7 Å². The molecule has 2 heterocycles. The quantitative estimate of drug-likeness (QED) is 0.628. The Morgan fingerprint density at radius 1 is 1.16 bits per heavy atom. The molecule has 0 unspecified atom stereocenters. The SMILES string of the molecule is O=CN1CCN(C(=O)c2ccc(NCCC3=CCCCC3)nn2)CC1. The van der Waals surface area contributed by atoms with Gasteiger partial charge in [-0.25, -0.2) is 0 Å². The lowest BCUT2D eigenvalue weighted by molar-refractivity contribution is -0.119. The highest BCUT2D eigenvalue weighted by atomic mass is 16.2. The number of hydrogen-bond donors (Lipinski definition) is 1. The van der Waals surface area contributed by atoms with Crippen molar-refractivity contribution in [3.05, 3.63) is 29.5 Å². The van der Waals surface area contributed by atoms with Crippen molar-refractivity contribution in [2.45, 2.75) is 32.1 Å². The maximum absolute atomic E-state index is 12.4. The highest BCUT2D eigenvalue weighted by molar-refractivity contribution is 5.92. The van der Waals surface area contributed by atoms with Crippen molar-refractivity contribution in [2.24, 2.45) is 0 Å². The molecule has 1 N–H and O–H groups in total. The number of amides is 2. The van der Waals surface area contributed by atoms with Gasteiger partial charge < -0.3 is 15.1 Å². The van der Waals surface area contributed by atoms with E-state index in [1.807, 2.05) is 0 Å². The van der Waals surface area contributed by atoms with Crippen LogP contribution in [-0.2, 0) is 4.79 Å². The van der Waals surface area contributed by atoms with Crippen molar-refractivity contribution in [1.29, 1.82) is 0 Å². The minimum absolute atomic E-state index is 0.128. The van der Waals surface area contributed by atoms with Gasteiger partial charge in [-0.3, -0.25) is 9.59 Å². The van der Waals surface area contributed by atoms with Crippen LogP contribution in [0.3, 0.4) is 0 Å². The van der Waals surface area contributed by atoms with Crippen LogP contribution in [-0.4, -0.2) is 65.0 Å². The maximum Gasteiger partial charge on any atom is 0.274 e. The lowest BCUT2D eigenvalue weighted by Crippen LogP contribution is -2.48. The summed E-state index contributed by atoms with van der Waals surface area (Å²) in [6.07, 6.45) is 9.22. The summed E-state index contributed by atoms with van der Waals surface area (Å²) in [5, 5.41) is 11.4. The molecule has 1 saturated heterocycles. The first kappa shape index (κ1) is 17.4. The van der Waals surface area contributed by atoms with E-state index < -0.39 is 0 Å². The average molecular weight is 343 g/mol. The largest absolute Gasteiger partial charge is 0.368 e. The molecular weight excluding hydrogens is 318 g/mol. The highest BCUT2D eigenvalue weighted by Crippen LogP contribution is 2.19. The number of nitrogens with zero attached hydrogens (tertiary/aromatic N) is 4. The molecule has 0 saturated carbocycles. The van der Waals surface area contributed by atoms with E-state index in [2.05, 4.69) is 21.6 Å².